The first-order valence-corrected chi connectivity index (χ1v) is 10.0. The Morgan fingerprint density at radius 3 is 2.50 bits per heavy atom. The van der Waals surface area contributed by atoms with E-state index in [9.17, 15) is 9.59 Å². The van der Waals surface area contributed by atoms with Gasteiger partial charge in [0.05, 0.1) is 17.2 Å². The molecule has 2 unspecified atom stereocenters. The zero-order valence-electron chi connectivity index (χ0n) is 17.0. The molecule has 0 aliphatic carbocycles. The molecule has 1 fully saturated rings. The number of likely N-dealkylation sites (tertiary alicyclic amines) is 1. The molecule has 0 bridgehead atoms. The van der Waals surface area contributed by atoms with E-state index in [1.165, 1.54) is 6.92 Å². The molecule has 28 heavy (non-hydrogen) atoms. The number of ether oxygens (including phenoxy) is 2. The number of nitrogens with zero attached hydrogens (tertiary/aromatic N) is 1. The van der Waals surface area contributed by atoms with Gasteiger partial charge in [-0.2, -0.15) is 0 Å². The Morgan fingerprint density at radius 1 is 1.25 bits per heavy atom. The van der Waals surface area contributed by atoms with Gasteiger partial charge in [0.15, 0.2) is 0 Å². The molecule has 1 aliphatic heterocycles. The Kier molecular flexibility index (Phi) is 7.46. The number of carbonyl (C=O) groups excluding carboxylic acids is 2. The van der Waals surface area contributed by atoms with E-state index in [4.69, 9.17) is 32.7 Å². The summed E-state index contributed by atoms with van der Waals surface area (Å²) in [4.78, 5) is 26.0. The summed E-state index contributed by atoms with van der Waals surface area (Å²) in [7, 11) is 1.59. The third-order valence-electron chi connectivity index (χ3n) is 4.71. The molecule has 1 aromatic carbocycles. The molecule has 0 aromatic heterocycles. The lowest BCUT2D eigenvalue weighted by Crippen LogP contribution is -2.51. The average molecular weight is 431 g/mol. The highest BCUT2D eigenvalue weighted by Gasteiger charge is 2.34. The number of amides is 2. The molecule has 2 amide bonds. The molecule has 1 saturated heterocycles. The van der Waals surface area contributed by atoms with Crippen LogP contribution in [0, 0.1) is 0 Å². The van der Waals surface area contributed by atoms with Crippen LogP contribution in [0.5, 0.6) is 5.75 Å². The topological polar surface area (TPSA) is 67.9 Å². The summed E-state index contributed by atoms with van der Waals surface area (Å²) in [5.41, 5.74) is 0.253. The summed E-state index contributed by atoms with van der Waals surface area (Å²) >= 11 is 12.6. The van der Waals surface area contributed by atoms with Crippen LogP contribution in [-0.4, -0.2) is 48.7 Å². The summed E-state index contributed by atoms with van der Waals surface area (Å²) in [6.07, 6.45) is 1.02. The van der Waals surface area contributed by atoms with Gasteiger partial charge in [-0.05, 0) is 45.7 Å². The van der Waals surface area contributed by atoms with Gasteiger partial charge >= 0.3 is 6.09 Å². The van der Waals surface area contributed by atoms with Crippen LogP contribution < -0.4 is 10.1 Å². The first kappa shape index (κ1) is 22.6. The molecule has 156 valence electrons. The fraction of sp³-hybridized carbons (Fsp3) is 0.600. The molecule has 1 aliphatic rings. The number of nitrogens with one attached hydrogen (secondary N) is 1. The number of benzene rings is 1. The van der Waals surface area contributed by atoms with E-state index in [2.05, 4.69) is 5.32 Å². The lowest BCUT2D eigenvalue weighted by Gasteiger charge is -2.40. The van der Waals surface area contributed by atoms with Gasteiger partial charge in [-0.3, -0.25) is 4.79 Å². The van der Waals surface area contributed by atoms with Crippen LogP contribution in [0.3, 0.4) is 0 Å². The van der Waals surface area contributed by atoms with E-state index in [0.717, 1.165) is 12.0 Å². The molecule has 0 spiro atoms. The smallest absolute Gasteiger partial charge is 0.407 e. The molecule has 8 heteroatoms. The van der Waals surface area contributed by atoms with Gasteiger partial charge < -0.3 is 19.7 Å². The third-order valence-corrected chi connectivity index (χ3v) is 5.53. The van der Waals surface area contributed by atoms with Crippen molar-refractivity contribution in [1.29, 1.82) is 0 Å². The molecular formula is C20H28Cl2N2O4. The van der Waals surface area contributed by atoms with E-state index < -0.39 is 11.7 Å². The molecule has 2 atom stereocenters. The first-order chi connectivity index (χ1) is 13.0. The van der Waals surface area contributed by atoms with Gasteiger partial charge in [-0.25, -0.2) is 4.79 Å². The van der Waals surface area contributed by atoms with Crippen LogP contribution >= 0.6 is 23.2 Å². The second-order valence-electron chi connectivity index (χ2n) is 7.96. The van der Waals surface area contributed by atoms with Gasteiger partial charge in [0.1, 0.15) is 11.4 Å². The van der Waals surface area contributed by atoms with Crippen molar-refractivity contribution >= 4 is 35.2 Å². The van der Waals surface area contributed by atoms with Gasteiger partial charge in [0.25, 0.3) is 0 Å². The van der Waals surface area contributed by atoms with Crippen LogP contribution in [0.25, 0.3) is 0 Å². The highest BCUT2D eigenvalue weighted by molar-refractivity contribution is 6.42. The maximum absolute atomic E-state index is 12.3. The number of alkyl carbamates (subject to hydrolysis) is 1. The van der Waals surface area contributed by atoms with Crippen molar-refractivity contribution < 1.29 is 19.1 Å². The Balaban J connectivity index is 2.12. The zero-order chi connectivity index (χ0) is 21.1. The number of piperidine rings is 1. The molecular weight excluding hydrogens is 403 g/mol. The largest absolute Gasteiger partial charge is 0.496 e. The Hall–Kier alpha value is -1.66. The quantitative estimate of drug-likeness (QED) is 0.756. The predicted octanol–water partition coefficient (Wildman–Crippen LogP) is 4.62. The van der Waals surface area contributed by atoms with Crippen molar-refractivity contribution in [3.8, 4) is 5.75 Å². The molecule has 1 heterocycles. The van der Waals surface area contributed by atoms with Crippen molar-refractivity contribution in [2.45, 2.75) is 58.1 Å². The minimum Gasteiger partial charge on any atom is -0.496 e. The second-order valence-corrected chi connectivity index (χ2v) is 8.74. The maximum atomic E-state index is 12.3. The molecule has 6 nitrogen and oxygen atoms in total. The van der Waals surface area contributed by atoms with Crippen LogP contribution in [0.15, 0.2) is 12.1 Å². The summed E-state index contributed by atoms with van der Waals surface area (Å²) in [5.74, 6) is 0.605. The van der Waals surface area contributed by atoms with E-state index in [1.54, 1.807) is 24.1 Å². The van der Waals surface area contributed by atoms with Crippen LogP contribution in [0.2, 0.25) is 10.0 Å². The lowest BCUT2D eigenvalue weighted by atomic mass is 9.86. The fourth-order valence-electron chi connectivity index (χ4n) is 3.48. The molecule has 2 rings (SSSR count). The van der Waals surface area contributed by atoms with Crippen LogP contribution in [0.1, 0.15) is 52.0 Å². The third kappa shape index (κ3) is 5.67. The normalized spacial score (nSPS) is 19.9. The van der Waals surface area contributed by atoms with E-state index in [-0.39, 0.29) is 17.9 Å². The highest BCUT2D eigenvalue weighted by atomic mass is 35.5. The summed E-state index contributed by atoms with van der Waals surface area (Å²) < 4.78 is 10.7. The monoisotopic (exact) mass is 430 g/mol. The highest BCUT2D eigenvalue weighted by Crippen LogP contribution is 2.42. The number of methoxy groups -OCH3 is 1. The number of hydrogen-bond acceptors (Lipinski definition) is 4. The van der Waals surface area contributed by atoms with Crippen molar-refractivity contribution in [2.24, 2.45) is 0 Å². The average Bonchev–Trinajstić information content (AvgIpc) is 2.60. The van der Waals surface area contributed by atoms with Crippen LogP contribution in [0.4, 0.5) is 4.79 Å². The van der Waals surface area contributed by atoms with Gasteiger partial charge in [0, 0.05) is 37.5 Å². The minimum absolute atomic E-state index is 0.00262. The zero-order valence-corrected chi connectivity index (χ0v) is 18.5. The van der Waals surface area contributed by atoms with E-state index >= 15 is 0 Å². The lowest BCUT2D eigenvalue weighted by molar-refractivity contribution is -0.132. The summed E-state index contributed by atoms with van der Waals surface area (Å²) in [5, 5.41) is 3.68. The number of halogens is 2. The Bertz CT molecular complexity index is 734. The Morgan fingerprint density at radius 2 is 1.93 bits per heavy atom. The van der Waals surface area contributed by atoms with Crippen molar-refractivity contribution in [3.63, 3.8) is 0 Å². The number of rotatable bonds is 4. The van der Waals surface area contributed by atoms with E-state index in [1.807, 2.05) is 20.8 Å². The Labute approximate surface area is 176 Å². The summed E-state index contributed by atoms with van der Waals surface area (Å²) in [6, 6.07) is 3.38. The van der Waals surface area contributed by atoms with Gasteiger partial charge in [-0.1, -0.05) is 23.2 Å². The standard InChI is InChI=1S/C20H28Cl2N2O4/c1-12(25)24-11-13(17-16(27-5)9-8-15(21)18(17)22)6-7-14(24)10-23-19(26)28-20(2,3)4/h8-9,13-14H,6-7,10-11H2,1-5H3,(H,23,26). The first-order valence-electron chi connectivity index (χ1n) is 9.29. The fourth-order valence-corrected chi connectivity index (χ4v) is 3.96. The van der Waals surface area contributed by atoms with Crippen LogP contribution in [-0.2, 0) is 9.53 Å². The summed E-state index contributed by atoms with van der Waals surface area (Å²) in [6.45, 7) is 7.76. The minimum atomic E-state index is -0.568. The molecule has 1 aromatic rings. The second kappa shape index (κ2) is 9.23. The van der Waals surface area contributed by atoms with Crippen molar-refractivity contribution in [2.75, 3.05) is 20.2 Å². The number of carbonyl (C=O) groups is 2. The maximum Gasteiger partial charge on any atom is 0.407 e. The van der Waals surface area contributed by atoms with Crippen molar-refractivity contribution in [3.05, 3.63) is 27.7 Å². The van der Waals surface area contributed by atoms with E-state index in [0.29, 0.717) is 35.3 Å². The SMILES string of the molecule is COc1ccc(Cl)c(Cl)c1C1CCC(CNC(=O)OC(C)(C)C)N(C(C)=O)C1. The van der Waals surface area contributed by atoms with Gasteiger partial charge in [-0.15, -0.1) is 0 Å². The molecule has 0 saturated carbocycles. The van der Waals surface area contributed by atoms with Gasteiger partial charge in [0.2, 0.25) is 5.91 Å². The number of hydrogen-bond donors (Lipinski definition) is 1. The van der Waals surface area contributed by atoms with Crippen molar-refractivity contribution in [1.82, 2.24) is 10.2 Å². The molecule has 0 radical (unpaired) electrons. The molecule has 1 N–H and O–H groups in total. The predicted molar refractivity (Wildman–Crippen MR) is 110 cm³/mol.